The van der Waals surface area contributed by atoms with Gasteiger partial charge in [0.1, 0.15) is 11.8 Å². The second-order valence-electron chi connectivity index (χ2n) is 5.40. The van der Waals surface area contributed by atoms with E-state index in [4.69, 9.17) is 4.74 Å². The zero-order valence-corrected chi connectivity index (χ0v) is 11.6. The van der Waals surface area contributed by atoms with Gasteiger partial charge in [0.25, 0.3) is 0 Å². The molecule has 1 fully saturated rings. The van der Waals surface area contributed by atoms with Crippen LogP contribution < -0.4 is 10.1 Å². The van der Waals surface area contributed by atoms with Crippen LogP contribution in [0.25, 0.3) is 0 Å². The second kappa shape index (κ2) is 5.61. The van der Waals surface area contributed by atoms with Crippen molar-refractivity contribution < 1.29 is 14.6 Å². The largest absolute Gasteiger partial charge is 0.491 e. The van der Waals surface area contributed by atoms with Gasteiger partial charge < -0.3 is 9.84 Å². The molecular formula is C15H21NO3. The van der Waals surface area contributed by atoms with E-state index in [1.54, 1.807) is 0 Å². The number of aryl methyl sites for hydroxylation is 1. The molecule has 1 aromatic carbocycles. The third kappa shape index (κ3) is 3.70. The summed E-state index contributed by atoms with van der Waals surface area (Å²) >= 11 is 0. The van der Waals surface area contributed by atoms with Gasteiger partial charge in [0, 0.05) is 6.04 Å². The monoisotopic (exact) mass is 263 g/mol. The number of nitrogens with one attached hydrogen (secondary N) is 1. The van der Waals surface area contributed by atoms with Crippen LogP contribution in [0.4, 0.5) is 0 Å². The van der Waals surface area contributed by atoms with E-state index in [1.807, 2.05) is 39.0 Å². The average molecular weight is 263 g/mol. The van der Waals surface area contributed by atoms with Gasteiger partial charge in [-0.3, -0.25) is 10.1 Å². The molecule has 1 atom stereocenters. The smallest absolute Gasteiger partial charge is 0.325 e. The summed E-state index contributed by atoms with van der Waals surface area (Å²) in [7, 11) is 0. The molecule has 0 heterocycles. The summed E-state index contributed by atoms with van der Waals surface area (Å²) in [4.78, 5) is 11.3. The second-order valence-corrected chi connectivity index (χ2v) is 5.40. The van der Waals surface area contributed by atoms with E-state index in [1.165, 1.54) is 0 Å². The molecule has 4 heteroatoms. The van der Waals surface area contributed by atoms with E-state index in [0.717, 1.165) is 29.7 Å². The van der Waals surface area contributed by atoms with Crippen molar-refractivity contribution in [1.82, 2.24) is 5.32 Å². The van der Waals surface area contributed by atoms with Crippen LogP contribution in [0.1, 0.15) is 43.9 Å². The van der Waals surface area contributed by atoms with Gasteiger partial charge >= 0.3 is 5.97 Å². The number of benzene rings is 1. The van der Waals surface area contributed by atoms with Crippen LogP contribution in [0.3, 0.4) is 0 Å². The van der Waals surface area contributed by atoms with Gasteiger partial charge in [-0.05, 0) is 50.8 Å². The molecule has 0 saturated heterocycles. The lowest BCUT2D eigenvalue weighted by atomic mass is 10.0. The summed E-state index contributed by atoms with van der Waals surface area (Å²) in [5, 5.41) is 12.5. The van der Waals surface area contributed by atoms with Gasteiger partial charge in [-0.25, -0.2) is 0 Å². The van der Waals surface area contributed by atoms with Crippen molar-refractivity contribution in [3.05, 3.63) is 29.3 Å². The number of aliphatic carboxylic acids is 1. The molecule has 0 spiro atoms. The average Bonchev–Trinajstić information content (AvgIpc) is 3.12. The summed E-state index contributed by atoms with van der Waals surface area (Å²) in [6, 6.07) is 5.31. The molecule has 2 N–H and O–H groups in total. The molecule has 104 valence electrons. The summed E-state index contributed by atoms with van der Waals surface area (Å²) < 4.78 is 5.67. The summed E-state index contributed by atoms with van der Waals surface area (Å²) in [5.74, 6) is -0.0156. The summed E-state index contributed by atoms with van der Waals surface area (Å²) in [5.41, 5.74) is 1.75. The molecule has 0 aromatic heterocycles. The topological polar surface area (TPSA) is 58.6 Å². The Kier molecular flexibility index (Phi) is 4.10. The first-order valence-corrected chi connectivity index (χ1v) is 6.73. The summed E-state index contributed by atoms with van der Waals surface area (Å²) in [6.07, 6.45) is 2.25. The molecule has 4 nitrogen and oxygen atoms in total. The molecule has 0 aliphatic heterocycles. The highest BCUT2D eigenvalue weighted by molar-refractivity contribution is 5.75. The van der Waals surface area contributed by atoms with Crippen molar-refractivity contribution in [2.45, 2.75) is 51.8 Å². The Morgan fingerprint density at radius 1 is 1.42 bits per heavy atom. The van der Waals surface area contributed by atoms with Crippen molar-refractivity contribution >= 4 is 5.97 Å². The maximum Gasteiger partial charge on any atom is 0.325 e. The standard InChI is InChI=1S/C15H21NO3/c1-9(2)19-13-7-4-11(8-10(13)3)14(15(17)18)16-12-5-6-12/h4,7-9,12,14,16H,5-6H2,1-3H3,(H,17,18). The van der Waals surface area contributed by atoms with Gasteiger partial charge in [0.15, 0.2) is 0 Å². The Labute approximate surface area is 113 Å². The van der Waals surface area contributed by atoms with Crippen LogP contribution in [0.2, 0.25) is 0 Å². The Bertz CT molecular complexity index is 466. The van der Waals surface area contributed by atoms with Crippen LogP contribution >= 0.6 is 0 Å². The lowest BCUT2D eigenvalue weighted by Gasteiger charge is -2.17. The fraction of sp³-hybridized carbons (Fsp3) is 0.533. The fourth-order valence-corrected chi connectivity index (χ4v) is 2.03. The number of carboxylic acids is 1. The Hall–Kier alpha value is -1.55. The van der Waals surface area contributed by atoms with E-state index in [0.29, 0.717) is 6.04 Å². The van der Waals surface area contributed by atoms with Crippen LogP contribution in [-0.4, -0.2) is 23.2 Å². The number of carboxylic acid groups (broad SMARTS) is 1. The van der Waals surface area contributed by atoms with Crippen molar-refractivity contribution in [2.24, 2.45) is 0 Å². The molecule has 0 amide bonds. The number of carbonyl (C=O) groups is 1. The molecule has 19 heavy (non-hydrogen) atoms. The van der Waals surface area contributed by atoms with E-state index < -0.39 is 12.0 Å². The molecule has 1 aromatic rings. The zero-order valence-electron chi connectivity index (χ0n) is 11.6. The van der Waals surface area contributed by atoms with Gasteiger partial charge in [0.2, 0.25) is 0 Å². The number of hydrogen-bond donors (Lipinski definition) is 2. The van der Waals surface area contributed by atoms with E-state index in [9.17, 15) is 9.90 Å². The normalized spacial score (nSPS) is 16.4. The molecular weight excluding hydrogens is 242 g/mol. The summed E-state index contributed by atoms with van der Waals surface area (Å²) in [6.45, 7) is 5.89. The van der Waals surface area contributed by atoms with Crippen molar-refractivity contribution in [2.75, 3.05) is 0 Å². The minimum absolute atomic E-state index is 0.115. The van der Waals surface area contributed by atoms with Gasteiger partial charge in [-0.2, -0.15) is 0 Å². The fourth-order valence-electron chi connectivity index (χ4n) is 2.03. The van der Waals surface area contributed by atoms with Crippen molar-refractivity contribution in [3.8, 4) is 5.75 Å². The molecule has 1 aliphatic carbocycles. The highest BCUT2D eigenvalue weighted by Crippen LogP contribution is 2.27. The number of rotatable bonds is 6. The van der Waals surface area contributed by atoms with Gasteiger partial charge in [-0.1, -0.05) is 12.1 Å². The zero-order chi connectivity index (χ0) is 14.0. The molecule has 0 bridgehead atoms. The van der Waals surface area contributed by atoms with E-state index in [2.05, 4.69) is 5.32 Å². The van der Waals surface area contributed by atoms with Crippen molar-refractivity contribution in [1.29, 1.82) is 0 Å². The van der Waals surface area contributed by atoms with Crippen LogP contribution in [0.15, 0.2) is 18.2 Å². The maximum absolute atomic E-state index is 11.3. The first kappa shape index (κ1) is 13.9. The molecule has 2 rings (SSSR count). The Morgan fingerprint density at radius 3 is 2.58 bits per heavy atom. The first-order chi connectivity index (χ1) is 8.97. The molecule has 0 radical (unpaired) electrons. The van der Waals surface area contributed by atoms with Crippen LogP contribution in [0.5, 0.6) is 5.75 Å². The Balaban J connectivity index is 2.18. The third-order valence-electron chi connectivity index (χ3n) is 3.12. The predicted octanol–water partition coefficient (Wildman–Crippen LogP) is 2.66. The first-order valence-electron chi connectivity index (χ1n) is 6.73. The lowest BCUT2D eigenvalue weighted by molar-refractivity contribution is -0.139. The lowest BCUT2D eigenvalue weighted by Crippen LogP contribution is -2.30. The molecule has 1 unspecified atom stereocenters. The van der Waals surface area contributed by atoms with Crippen molar-refractivity contribution in [3.63, 3.8) is 0 Å². The Morgan fingerprint density at radius 2 is 2.11 bits per heavy atom. The van der Waals surface area contributed by atoms with Crippen LogP contribution in [0, 0.1) is 6.92 Å². The molecule has 1 aliphatic rings. The van der Waals surface area contributed by atoms with E-state index >= 15 is 0 Å². The minimum Gasteiger partial charge on any atom is -0.491 e. The highest BCUT2D eigenvalue weighted by Gasteiger charge is 2.29. The molecule has 1 saturated carbocycles. The number of ether oxygens (including phenoxy) is 1. The van der Waals surface area contributed by atoms with E-state index in [-0.39, 0.29) is 6.10 Å². The maximum atomic E-state index is 11.3. The predicted molar refractivity (Wildman–Crippen MR) is 73.5 cm³/mol. The third-order valence-corrected chi connectivity index (χ3v) is 3.12. The number of hydrogen-bond acceptors (Lipinski definition) is 3. The highest BCUT2D eigenvalue weighted by atomic mass is 16.5. The SMILES string of the molecule is Cc1cc(C(NC2CC2)C(=O)O)ccc1OC(C)C. The van der Waals surface area contributed by atoms with Crippen LogP contribution in [-0.2, 0) is 4.79 Å². The minimum atomic E-state index is -0.830. The van der Waals surface area contributed by atoms with Gasteiger partial charge in [-0.15, -0.1) is 0 Å². The quantitative estimate of drug-likeness (QED) is 0.828. The van der Waals surface area contributed by atoms with Gasteiger partial charge in [0.05, 0.1) is 6.10 Å².